The van der Waals surface area contributed by atoms with Crippen LogP contribution >= 0.6 is 11.3 Å². The quantitative estimate of drug-likeness (QED) is 0.218. The van der Waals surface area contributed by atoms with Crippen molar-refractivity contribution in [3.63, 3.8) is 0 Å². The Hall–Kier alpha value is -5.08. The van der Waals surface area contributed by atoms with E-state index in [2.05, 4.69) is 41.4 Å². The summed E-state index contributed by atoms with van der Waals surface area (Å²) in [4.78, 5) is 23.3. The normalized spacial score (nSPS) is 12.2. The van der Waals surface area contributed by atoms with Crippen molar-refractivity contribution < 1.29 is 0 Å². The SMILES string of the molecule is CC(=Nn1c(-c2ccc(-c3ccccc3)cc2)csc1=Nc1c(C)n(C)n(-c2ccccc2)c1=O)c1ccncc1. The van der Waals surface area contributed by atoms with Gasteiger partial charge in [0.1, 0.15) is 0 Å². The van der Waals surface area contributed by atoms with Crippen LogP contribution in [-0.2, 0) is 7.05 Å². The average Bonchev–Trinajstić information content (AvgIpc) is 3.51. The lowest BCUT2D eigenvalue weighted by Gasteiger charge is -2.08. The van der Waals surface area contributed by atoms with E-state index in [1.165, 1.54) is 11.3 Å². The van der Waals surface area contributed by atoms with E-state index in [0.29, 0.717) is 10.5 Å². The Bertz CT molecular complexity index is 1960. The second kappa shape index (κ2) is 11.2. The van der Waals surface area contributed by atoms with Gasteiger partial charge in [-0.25, -0.2) is 14.4 Å². The van der Waals surface area contributed by atoms with Gasteiger partial charge < -0.3 is 0 Å². The van der Waals surface area contributed by atoms with E-state index >= 15 is 0 Å². The van der Waals surface area contributed by atoms with Gasteiger partial charge in [0.05, 0.1) is 22.8 Å². The lowest BCUT2D eigenvalue weighted by atomic mass is 10.0. The predicted molar refractivity (Wildman–Crippen MR) is 166 cm³/mol. The zero-order valence-corrected chi connectivity index (χ0v) is 23.8. The molecule has 3 aromatic heterocycles. The number of pyridine rings is 1. The molecule has 0 amide bonds. The Morgan fingerprint density at radius 2 is 1.41 bits per heavy atom. The zero-order valence-electron chi connectivity index (χ0n) is 23.0. The summed E-state index contributed by atoms with van der Waals surface area (Å²) in [6.45, 7) is 3.87. The van der Waals surface area contributed by atoms with E-state index in [1.807, 2.05) is 96.3 Å². The fourth-order valence-corrected chi connectivity index (χ4v) is 5.55. The van der Waals surface area contributed by atoms with E-state index in [9.17, 15) is 4.79 Å². The second-order valence-electron chi connectivity index (χ2n) is 9.60. The third kappa shape index (κ3) is 5.13. The molecule has 0 spiro atoms. The molecule has 0 aliphatic carbocycles. The Labute approximate surface area is 241 Å². The third-order valence-electron chi connectivity index (χ3n) is 7.05. The number of hydrogen-bond acceptors (Lipinski definition) is 5. The summed E-state index contributed by atoms with van der Waals surface area (Å²) in [5.41, 5.74) is 7.70. The highest BCUT2D eigenvalue weighted by Crippen LogP contribution is 2.26. The van der Waals surface area contributed by atoms with Gasteiger partial charge in [0.25, 0.3) is 5.56 Å². The van der Waals surface area contributed by atoms with Gasteiger partial charge in [-0.3, -0.25) is 14.5 Å². The van der Waals surface area contributed by atoms with Crippen LogP contribution in [0.4, 0.5) is 5.69 Å². The van der Waals surface area contributed by atoms with Crippen LogP contribution in [0.3, 0.4) is 0 Å². The first-order valence-electron chi connectivity index (χ1n) is 13.2. The molecule has 0 saturated heterocycles. The number of nitrogens with zero attached hydrogens (tertiary/aromatic N) is 6. The maximum absolute atomic E-state index is 13.6. The van der Waals surface area contributed by atoms with E-state index in [1.54, 1.807) is 17.1 Å². The maximum Gasteiger partial charge on any atom is 0.297 e. The van der Waals surface area contributed by atoms with Crippen molar-refractivity contribution in [3.8, 4) is 28.1 Å². The third-order valence-corrected chi connectivity index (χ3v) is 7.87. The molecule has 0 radical (unpaired) electrons. The van der Waals surface area contributed by atoms with Gasteiger partial charge in [0.2, 0.25) is 4.80 Å². The summed E-state index contributed by atoms with van der Waals surface area (Å²) in [5.74, 6) is 0. The molecule has 202 valence electrons. The van der Waals surface area contributed by atoms with Crippen molar-refractivity contribution in [2.75, 3.05) is 0 Å². The van der Waals surface area contributed by atoms with E-state index in [-0.39, 0.29) is 5.56 Å². The number of para-hydroxylation sites is 1. The van der Waals surface area contributed by atoms with Crippen LogP contribution < -0.4 is 10.4 Å². The lowest BCUT2D eigenvalue weighted by Crippen LogP contribution is -2.20. The van der Waals surface area contributed by atoms with E-state index < -0.39 is 0 Å². The van der Waals surface area contributed by atoms with Crippen molar-refractivity contribution in [2.45, 2.75) is 13.8 Å². The van der Waals surface area contributed by atoms with E-state index in [4.69, 9.17) is 10.1 Å². The minimum Gasteiger partial charge on any atom is -0.283 e. The second-order valence-corrected chi connectivity index (χ2v) is 10.4. The van der Waals surface area contributed by atoms with Crippen LogP contribution in [0, 0.1) is 6.92 Å². The van der Waals surface area contributed by atoms with Gasteiger partial charge in [-0.15, -0.1) is 11.3 Å². The molecule has 0 unspecified atom stereocenters. The first-order valence-corrected chi connectivity index (χ1v) is 14.1. The average molecular weight is 557 g/mol. The van der Waals surface area contributed by atoms with Crippen LogP contribution in [0.2, 0.25) is 0 Å². The molecule has 3 heterocycles. The Morgan fingerprint density at radius 1 is 0.805 bits per heavy atom. The number of thiazole rings is 1. The van der Waals surface area contributed by atoms with Crippen molar-refractivity contribution in [2.24, 2.45) is 17.1 Å². The molecule has 0 aliphatic heterocycles. The van der Waals surface area contributed by atoms with Crippen LogP contribution in [0.15, 0.2) is 130 Å². The van der Waals surface area contributed by atoms with Crippen LogP contribution in [-0.4, -0.2) is 24.7 Å². The molecular formula is C33H28N6OS. The van der Waals surface area contributed by atoms with Gasteiger partial charge >= 0.3 is 0 Å². The molecule has 7 nitrogen and oxygen atoms in total. The van der Waals surface area contributed by atoms with Crippen molar-refractivity contribution >= 4 is 22.7 Å². The predicted octanol–water partition coefficient (Wildman–Crippen LogP) is 6.58. The topological polar surface area (TPSA) is 69.5 Å². The summed E-state index contributed by atoms with van der Waals surface area (Å²) in [7, 11) is 1.87. The zero-order chi connectivity index (χ0) is 28.3. The molecule has 6 rings (SSSR count). The molecule has 0 fully saturated rings. The van der Waals surface area contributed by atoms with Gasteiger partial charge in [-0.05, 0) is 49.2 Å². The van der Waals surface area contributed by atoms with Crippen molar-refractivity contribution in [3.05, 3.63) is 141 Å². The highest BCUT2D eigenvalue weighted by molar-refractivity contribution is 7.07. The molecular weight excluding hydrogens is 528 g/mol. The first kappa shape index (κ1) is 26.2. The molecule has 3 aromatic carbocycles. The molecule has 6 aromatic rings. The molecule has 0 saturated carbocycles. The number of rotatable bonds is 6. The number of aromatic nitrogens is 4. The summed E-state index contributed by atoms with van der Waals surface area (Å²) in [6.07, 6.45) is 3.50. The summed E-state index contributed by atoms with van der Waals surface area (Å²) in [6, 6.07) is 32.2. The summed E-state index contributed by atoms with van der Waals surface area (Å²) >= 11 is 1.45. The summed E-state index contributed by atoms with van der Waals surface area (Å²) < 4.78 is 5.31. The molecule has 8 heteroatoms. The first-order chi connectivity index (χ1) is 20.0. The Balaban J connectivity index is 1.51. The highest BCUT2D eigenvalue weighted by Gasteiger charge is 2.17. The molecule has 0 bridgehead atoms. The van der Waals surface area contributed by atoms with Crippen molar-refractivity contribution in [1.29, 1.82) is 0 Å². The summed E-state index contributed by atoms with van der Waals surface area (Å²) in [5, 5.41) is 7.03. The van der Waals surface area contributed by atoms with Gasteiger partial charge in [-0.1, -0.05) is 72.8 Å². The fraction of sp³-hybridized carbons (Fsp3) is 0.0909. The Morgan fingerprint density at radius 3 is 2.10 bits per heavy atom. The van der Waals surface area contributed by atoms with Crippen LogP contribution in [0.1, 0.15) is 18.2 Å². The van der Waals surface area contributed by atoms with Crippen LogP contribution in [0.25, 0.3) is 28.1 Å². The highest BCUT2D eigenvalue weighted by atomic mass is 32.1. The van der Waals surface area contributed by atoms with Gasteiger partial charge in [-0.2, -0.15) is 5.10 Å². The fourth-order valence-electron chi connectivity index (χ4n) is 4.72. The smallest absolute Gasteiger partial charge is 0.283 e. The standard InChI is InChI=1S/C33H28N6OS/c1-23(25-18-20-34-21-19-25)36-38-30(28-16-14-27(15-17-28)26-10-6-4-7-11-26)22-41-33(38)35-31-24(2)37(3)39(32(31)40)29-12-8-5-9-13-29/h4-22H,1-3H3. The maximum atomic E-state index is 13.6. The van der Waals surface area contributed by atoms with Crippen molar-refractivity contribution in [1.82, 2.24) is 19.0 Å². The molecule has 0 aliphatic rings. The van der Waals surface area contributed by atoms with E-state index in [0.717, 1.165) is 45.0 Å². The lowest BCUT2D eigenvalue weighted by molar-refractivity contribution is 0.630. The van der Waals surface area contributed by atoms with Crippen LogP contribution in [0.5, 0.6) is 0 Å². The Kier molecular flexibility index (Phi) is 7.14. The number of benzene rings is 3. The minimum absolute atomic E-state index is 0.181. The minimum atomic E-state index is -0.181. The molecule has 41 heavy (non-hydrogen) atoms. The molecule has 0 atom stereocenters. The largest absolute Gasteiger partial charge is 0.297 e. The molecule has 0 N–H and O–H groups in total. The van der Waals surface area contributed by atoms with Gasteiger partial charge in [0, 0.05) is 35.9 Å². The van der Waals surface area contributed by atoms with Gasteiger partial charge in [0.15, 0.2) is 5.69 Å². The monoisotopic (exact) mass is 556 g/mol. The number of hydrogen-bond donors (Lipinski definition) is 0.